The third-order valence-electron chi connectivity index (χ3n) is 4.09. The third kappa shape index (κ3) is 11.5. The lowest BCUT2D eigenvalue weighted by Crippen LogP contribution is -2.57. The summed E-state index contributed by atoms with van der Waals surface area (Å²) in [7, 11) is 0. The monoisotopic (exact) mass is 444 g/mol. The number of amides is 5. The molecule has 0 saturated heterocycles. The highest BCUT2D eigenvalue weighted by atomic mass is 16.4. The fourth-order valence-electron chi connectivity index (χ4n) is 2.51. The fourth-order valence-corrected chi connectivity index (χ4v) is 2.51. The molecule has 176 valence electrons. The predicted octanol–water partition coefficient (Wildman–Crippen LogP) is -2.94. The van der Waals surface area contributed by atoms with Gasteiger partial charge in [-0.3, -0.25) is 24.0 Å². The van der Waals surface area contributed by atoms with Gasteiger partial charge in [0, 0.05) is 6.42 Å². The molecular formula is C18H32N6O7. The number of primary amides is 2. The SMILES string of the molecule is CC(C)CC(NC(=O)C(CC(N)=O)NC(=O)C(CCC(N)=O)NC(=O)C(C)N)C(=O)O. The highest BCUT2D eigenvalue weighted by molar-refractivity contribution is 5.96. The molecule has 0 radical (unpaired) electrons. The minimum absolute atomic E-state index is 0.0581. The Labute approximate surface area is 179 Å². The quantitative estimate of drug-likeness (QED) is 0.146. The second-order valence-electron chi connectivity index (χ2n) is 7.62. The molecular weight excluding hydrogens is 412 g/mol. The molecule has 4 atom stereocenters. The van der Waals surface area contributed by atoms with Crippen LogP contribution < -0.4 is 33.2 Å². The van der Waals surface area contributed by atoms with Crippen LogP contribution in [0.4, 0.5) is 0 Å². The molecule has 0 aromatic carbocycles. The normalized spacial score (nSPS) is 14.6. The molecule has 0 aromatic heterocycles. The number of carboxylic acid groups (broad SMARTS) is 1. The van der Waals surface area contributed by atoms with Crippen molar-refractivity contribution in [1.29, 1.82) is 0 Å². The van der Waals surface area contributed by atoms with Gasteiger partial charge in [0.2, 0.25) is 29.5 Å². The molecule has 31 heavy (non-hydrogen) atoms. The number of hydrogen-bond acceptors (Lipinski definition) is 7. The Morgan fingerprint density at radius 1 is 0.774 bits per heavy atom. The summed E-state index contributed by atoms with van der Waals surface area (Å²) >= 11 is 0. The third-order valence-corrected chi connectivity index (χ3v) is 4.09. The summed E-state index contributed by atoms with van der Waals surface area (Å²) in [4.78, 5) is 70.9. The molecule has 0 rings (SSSR count). The van der Waals surface area contributed by atoms with Crippen LogP contribution in [0.25, 0.3) is 0 Å². The van der Waals surface area contributed by atoms with Crippen LogP contribution in [0, 0.1) is 5.92 Å². The zero-order valence-corrected chi connectivity index (χ0v) is 17.8. The molecule has 0 bridgehead atoms. The number of hydrogen-bond donors (Lipinski definition) is 7. The molecule has 0 fully saturated rings. The second-order valence-corrected chi connectivity index (χ2v) is 7.62. The molecule has 0 aliphatic rings. The van der Waals surface area contributed by atoms with Crippen LogP contribution in [0.15, 0.2) is 0 Å². The molecule has 13 nitrogen and oxygen atoms in total. The van der Waals surface area contributed by atoms with Gasteiger partial charge < -0.3 is 38.3 Å². The second kappa shape index (κ2) is 13.2. The van der Waals surface area contributed by atoms with Crippen LogP contribution in [-0.4, -0.2) is 64.8 Å². The first kappa shape index (κ1) is 27.8. The Balaban J connectivity index is 5.49. The molecule has 0 heterocycles. The van der Waals surface area contributed by atoms with Crippen molar-refractivity contribution >= 4 is 35.5 Å². The zero-order chi connectivity index (χ0) is 24.3. The molecule has 4 unspecified atom stereocenters. The fraction of sp³-hybridized carbons (Fsp3) is 0.667. The molecule has 0 saturated carbocycles. The van der Waals surface area contributed by atoms with E-state index in [9.17, 15) is 33.9 Å². The lowest BCUT2D eigenvalue weighted by Gasteiger charge is -2.24. The summed E-state index contributed by atoms with van der Waals surface area (Å²) in [5.41, 5.74) is 15.7. The van der Waals surface area contributed by atoms with E-state index in [1.165, 1.54) is 6.92 Å². The zero-order valence-electron chi connectivity index (χ0n) is 17.8. The standard InChI is InChI=1S/C18H32N6O7/c1-8(2)6-12(18(30)31)24-17(29)11(7-14(21)26)23-16(28)10(4-5-13(20)25)22-15(27)9(3)19/h8-12H,4-7,19H2,1-3H3,(H2,20,25)(H2,21,26)(H,22,27)(H,23,28)(H,24,29)(H,30,31). The van der Waals surface area contributed by atoms with Crippen molar-refractivity contribution in [3.8, 4) is 0 Å². The van der Waals surface area contributed by atoms with Crippen molar-refractivity contribution in [2.45, 2.75) is 70.6 Å². The van der Waals surface area contributed by atoms with E-state index in [0.717, 1.165) is 0 Å². The summed E-state index contributed by atoms with van der Waals surface area (Å²) in [6, 6.07) is -4.98. The van der Waals surface area contributed by atoms with E-state index in [2.05, 4.69) is 16.0 Å². The van der Waals surface area contributed by atoms with E-state index in [0.29, 0.717) is 0 Å². The van der Waals surface area contributed by atoms with E-state index < -0.39 is 66.1 Å². The number of carboxylic acids is 1. The Kier molecular flexibility index (Phi) is 11.8. The van der Waals surface area contributed by atoms with Gasteiger partial charge in [0.05, 0.1) is 12.5 Å². The first-order valence-corrected chi connectivity index (χ1v) is 9.70. The average molecular weight is 444 g/mol. The van der Waals surface area contributed by atoms with Crippen molar-refractivity contribution in [3.05, 3.63) is 0 Å². The lowest BCUT2D eigenvalue weighted by molar-refractivity contribution is -0.143. The molecule has 0 spiro atoms. The van der Waals surface area contributed by atoms with Gasteiger partial charge in [0.15, 0.2) is 0 Å². The molecule has 0 aromatic rings. The topological polar surface area (TPSA) is 237 Å². The van der Waals surface area contributed by atoms with Crippen molar-refractivity contribution in [2.75, 3.05) is 0 Å². The van der Waals surface area contributed by atoms with Gasteiger partial charge in [0.25, 0.3) is 0 Å². The van der Waals surface area contributed by atoms with Gasteiger partial charge in [-0.25, -0.2) is 4.79 Å². The Hall–Kier alpha value is -3.22. The summed E-state index contributed by atoms with van der Waals surface area (Å²) < 4.78 is 0. The number of rotatable bonds is 14. The first-order valence-electron chi connectivity index (χ1n) is 9.70. The minimum atomic E-state index is -1.50. The van der Waals surface area contributed by atoms with Crippen LogP contribution in [0.5, 0.6) is 0 Å². The van der Waals surface area contributed by atoms with E-state index in [1.807, 2.05) is 0 Å². The van der Waals surface area contributed by atoms with Gasteiger partial charge in [-0.1, -0.05) is 13.8 Å². The van der Waals surface area contributed by atoms with Crippen LogP contribution in [0.3, 0.4) is 0 Å². The number of carbonyl (C=O) groups excluding carboxylic acids is 5. The molecule has 0 aliphatic heterocycles. The van der Waals surface area contributed by atoms with Gasteiger partial charge in [-0.15, -0.1) is 0 Å². The summed E-state index contributed by atoms with van der Waals surface area (Å²) in [6.45, 7) is 4.90. The molecule has 0 aliphatic carbocycles. The van der Waals surface area contributed by atoms with Crippen LogP contribution in [0.1, 0.15) is 46.5 Å². The Bertz CT molecular complexity index is 695. The first-order chi connectivity index (χ1) is 14.2. The van der Waals surface area contributed by atoms with Crippen LogP contribution >= 0.6 is 0 Å². The largest absolute Gasteiger partial charge is 0.480 e. The van der Waals surface area contributed by atoms with Gasteiger partial charge >= 0.3 is 5.97 Å². The summed E-state index contributed by atoms with van der Waals surface area (Å²) in [5, 5.41) is 16.1. The number of nitrogens with two attached hydrogens (primary N) is 3. The van der Waals surface area contributed by atoms with E-state index >= 15 is 0 Å². The number of carbonyl (C=O) groups is 6. The Morgan fingerprint density at radius 2 is 1.26 bits per heavy atom. The maximum atomic E-state index is 12.6. The van der Waals surface area contributed by atoms with Crippen molar-refractivity contribution in [1.82, 2.24) is 16.0 Å². The van der Waals surface area contributed by atoms with E-state index in [1.54, 1.807) is 13.8 Å². The molecule has 10 N–H and O–H groups in total. The average Bonchev–Trinajstić information content (AvgIpc) is 2.62. The maximum absolute atomic E-state index is 12.6. The number of aliphatic carboxylic acids is 1. The highest BCUT2D eigenvalue weighted by Gasteiger charge is 2.31. The van der Waals surface area contributed by atoms with Gasteiger partial charge in [-0.2, -0.15) is 0 Å². The van der Waals surface area contributed by atoms with Gasteiger partial charge in [0.1, 0.15) is 18.1 Å². The van der Waals surface area contributed by atoms with E-state index in [4.69, 9.17) is 17.2 Å². The highest BCUT2D eigenvalue weighted by Crippen LogP contribution is 2.07. The minimum Gasteiger partial charge on any atom is -0.480 e. The summed E-state index contributed by atoms with van der Waals surface area (Å²) in [6.07, 6.45) is -0.936. The number of nitrogens with one attached hydrogen (secondary N) is 3. The van der Waals surface area contributed by atoms with Gasteiger partial charge in [-0.05, 0) is 25.7 Å². The van der Waals surface area contributed by atoms with Crippen LogP contribution in [-0.2, 0) is 28.8 Å². The Morgan fingerprint density at radius 3 is 1.68 bits per heavy atom. The molecule has 5 amide bonds. The van der Waals surface area contributed by atoms with Crippen LogP contribution in [0.2, 0.25) is 0 Å². The molecule has 13 heteroatoms. The van der Waals surface area contributed by atoms with Crippen molar-refractivity contribution in [2.24, 2.45) is 23.1 Å². The smallest absolute Gasteiger partial charge is 0.326 e. The van der Waals surface area contributed by atoms with E-state index in [-0.39, 0.29) is 25.2 Å². The van der Waals surface area contributed by atoms with Crippen molar-refractivity contribution in [3.63, 3.8) is 0 Å². The predicted molar refractivity (Wildman–Crippen MR) is 109 cm³/mol. The lowest BCUT2D eigenvalue weighted by atomic mass is 10.0. The van der Waals surface area contributed by atoms with Crippen molar-refractivity contribution < 1.29 is 33.9 Å². The summed E-state index contributed by atoms with van der Waals surface area (Å²) in [5.74, 6) is -5.52. The maximum Gasteiger partial charge on any atom is 0.326 e.